The van der Waals surface area contributed by atoms with Gasteiger partial charge in [0.05, 0.1) is 12.2 Å². The number of aromatic nitrogens is 3. The van der Waals surface area contributed by atoms with Crippen molar-refractivity contribution >= 4 is 61.9 Å². The van der Waals surface area contributed by atoms with Crippen molar-refractivity contribution in [2.45, 2.75) is 51.4 Å². The maximum absolute atomic E-state index is 14.5. The third-order valence-electron chi connectivity index (χ3n) is 5.02. The number of anilines is 3. The molecule has 3 heterocycles. The van der Waals surface area contributed by atoms with Crippen LogP contribution in [-0.2, 0) is 11.8 Å². The highest BCUT2D eigenvalue weighted by Gasteiger charge is 2.30. The molecule has 3 amide bonds. The second-order valence-electron chi connectivity index (χ2n) is 8.87. The fourth-order valence-electron chi connectivity index (χ4n) is 3.61. The van der Waals surface area contributed by atoms with Gasteiger partial charge in [0, 0.05) is 20.1 Å². The van der Waals surface area contributed by atoms with E-state index in [0.29, 0.717) is 28.5 Å². The van der Waals surface area contributed by atoms with Crippen LogP contribution in [0.2, 0.25) is 0 Å². The van der Waals surface area contributed by atoms with E-state index in [1.54, 1.807) is 32.5 Å². The van der Waals surface area contributed by atoms with E-state index in [1.807, 2.05) is 4.90 Å². The third-order valence-corrected chi connectivity index (χ3v) is 6.44. The van der Waals surface area contributed by atoms with Crippen LogP contribution < -0.4 is 20.9 Å². The van der Waals surface area contributed by atoms with Gasteiger partial charge in [0.15, 0.2) is 15.4 Å². The predicted molar refractivity (Wildman–Crippen MR) is 132 cm³/mol. The molecule has 12 nitrogen and oxygen atoms in total. The number of carboxylic acid groups (broad SMARTS) is 1. The maximum atomic E-state index is 14.5. The largest absolute Gasteiger partial charge is 0.465 e. The number of hydrogen-bond acceptors (Lipinski definition) is 8. The number of alkyl halides is 1. The van der Waals surface area contributed by atoms with E-state index in [4.69, 9.17) is 9.84 Å². The molecule has 0 bridgehead atoms. The van der Waals surface area contributed by atoms with Crippen molar-refractivity contribution in [2.75, 3.05) is 28.6 Å². The Labute approximate surface area is 213 Å². The fraction of sp³-hybridized carbons (Fsp3) is 0.550. The van der Waals surface area contributed by atoms with Crippen LogP contribution in [0.5, 0.6) is 0 Å². The Kier molecular flexibility index (Phi) is 8.20. The molecule has 0 saturated carbocycles. The van der Waals surface area contributed by atoms with Crippen LogP contribution in [0.4, 0.5) is 30.5 Å². The van der Waals surface area contributed by atoms with Gasteiger partial charge in [0.2, 0.25) is 0 Å². The molecule has 1 fully saturated rings. The molecule has 1 aliphatic heterocycles. The van der Waals surface area contributed by atoms with Crippen molar-refractivity contribution in [1.29, 1.82) is 0 Å². The molecule has 192 valence electrons. The van der Waals surface area contributed by atoms with E-state index in [9.17, 15) is 18.8 Å². The molecular weight excluding hydrogens is 549 g/mol. The van der Waals surface area contributed by atoms with Gasteiger partial charge in [-0.25, -0.2) is 19.0 Å². The summed E-state index contributed by atoms with van der Waals surface area (Å²) in [6.45, 7) is 5.82. The minimum Gasteiger partial charge on any atom is -0.465 e. The zero-order chi connectivity index (χ0) is 25.9. The first kappa shape index (κ1) is 26.7. The van der Waals surface area contributed by atoms with E-state index in [1.165, 1.54) is 6.20 Å². The monoisotopic (exact) mass is 575 g/mol. The molecule has 4 N–H and O–H groups in total. The lowest BCUT2D eigenvalue weighted by Crippen LogP contribution is -2.40. The number of nitrogens with zero attached hydrogens (tertiary/aromatic N) is 4. The number of halogens is 2. The number of hydrogen-bond donors (Lipinski definition) is 4. The zero-order valence-corrected chi connectivity index (χ0v) is 22.0. The Balaban J connectivity index is 1.77. The van der Waals surface area contributed by atoms with E-state index in [0.717, 1.165) is 11.3 Å². The number of thiazole rings is 1. The van der Waals surface area contributed by atoms with Gasteiger partial charge in [-0.2, -0.15) is 5.10 Å². The highest BCUT2D eigenvalue weighted by molar-refractivity contribution is 9.11. The number of ether oxygens (including phenoxy) is 1. The summed E-state index contributed by atoms with van der Waals surface area (Å²) in [6.07, 6.45) is -1.53. The molecule has 2 atom stereocenters. The molecule has 35 heavy (non-hydrogen) atoms. The van der Waals surface area contributed by atoms with Crippen LogP contribution in [0, 0.1) is 0 Å². The van der Waals surface area contributed by atoms with Crippen molar-refractivity contribution in [3.63, 3.8) is 0 Å². The minimum atomic E-state index is -1.34. The summed E-state index contributed by atoms with van der Waals surface area (Å²) in [7, 11) is 1.69. The van der Waals surface area contributed by atoms with Crippen LogP contribution in [0.1, 0.15) is 44.1 Å². The van der Waals surface area contributed by atoms with Crippen LogP contribution >= 0.6 is 27.3 Å². The van der Waals surface area contributed by atoms with Gasteiger partial charge >= 0.3 is 12.2 Å². The van der Waals surface area contributed by atoms with Crippen molar-refractivity contribution in [2.24, 2.45) is 7.05 Å². The highest BCUT2D eigenvalue weighted by Crippen LogP contribution is 2.32. The molecule has 2 unspecified atom stereocenters. The molecule has 0 spiro atoms. The molecule has 0 radical (unpaired) electrons. The van der Waals surface area contributed by atoms with Gasteiger partial charge in [-0.1, -0.05) is 11.3 Å². The maximum Gasteiger partial charge on any atom is 0.412 e. The Morgan fingerprint density at radius 3 is 2.60 bits per heavy atom. The summed E-state index contributed by atoms with van der Waals surface area (Å²) in [6, 6.07) is -0.822. The lowest BCUT2D eigenvalue weighted by molar-refractivity contribution is 0.0636. The molecule has 0 aromatic carbocycles. The van der Waals surface area contributed by atoms with E-state index >= 15 is 0 Å². The molecule has 2 aromatic rings. The quantitative estimate of drug-likeness (QED) is 0.420. The van der Waals surface area contributed by atoms with Gasteiger partial charge in [-0.15, -0.1) is 0 Å². The summed E-state index contributed by atoms with van der Waals surface area (Å²) in [4.78, 5) is 42.3. The second kappa shape index (κ2) is 10.8. The van der Waals surface area contributed by atoms with Crippen molar-refractivity contribution in [3.05, 3.63) is 15.8 Å². The SMILES string of the molecule is Cn1ncc(NC(=O)c2nc(Br)sc2NC(=O)OC(C)(C)C)c1N1CCC(F)C(NC(=O)O)CC1. The minimum absolute atomic E-state index is 0.0204. The predicted octanol–water partition coefficient (Wildman–Crippen LogP) is 3.81. The molecule has 15 heteroatoms. The summed E-state index contributed by atoms with van der Waals surface area (Å²) < 4.78 is 21.7. The summed E-state index contributed by atoms with van der Waals surface area (Å²) in [5.74, 6) is -0.0478. The number of amides is 3. The molecular formula is C20H27BrFN7O5S. The Morgan fingerprint density at radius 1 is 1.26 bits per heavy atom. The topological polar surface area (TPSA) is 151 Å². The van der Waals surface area contributed by atoms with Crippen LogP contribution in [0.3, 0.4) is 0 Å². The highest BCUT2D eigenvalue weighted by atomic mass is 79.9. The third kappa shape index (κ3) is 7.04. The first-order chi connectivity index (χ1) is 16.3. The second-order valence-corrected chi connectivity index (χ2v) is 11.1. The van der Waals surface area contributed by atoms with Crippen LogP contribution in [0.15, 0.2) is 10.1 Å². The molecule has 2 aromatic heterocycles. The standard InChI is InChI=1S/C20H27BrFN7O5S/c1-20(2,3)34-19(33)27-15-13(26-17(21)35-15)14(30)24-12-9-23-28(4)16(12)29-7-5-10(22)11(6-8-29)25-18(31)32/h9-11,25H,5-8H2,1-4H3,(H,24,30)(H,27,33)(H,31,32). The molecule has 3 rings (SSSR count). The van der Waals surface area contributed by atoms with Gasteiger partial charge in [-0.05, 0) is 49.5 Å². The van der Waals surface area contributed by atoms with Gasteiger partial charge in [0.1, 0.15) is 22.5 Å². The number of nitrogens with one attached hydrogen (secondary N) is 3. The fourth-order valence-corrected chi connectivity index (χ4v) is 4.94. The normalized spacial score (nSPS) is 18.5. The average Bonchev–Trinajstić information content (AvgIpc) is 3.21. The lowest BCUT2D eigenvalue weighted by Gasteiger charge is -2.24. The number of aryl methyl sites for hydroxylation is 1. The summed E-state index contributed by atoms with van der Waals surface area (Å²) >= 11 is 4.29. The van der Waals surface area contributed by atoms with Crippen molar-refractivity contribution in [3.8, 4) is 0 Å². The zero-order valence-electron chi connectivity index (χ0n) is 19.6. The molecule has 0 aliphatic carbocycles. The summed E-state index contributed by atoms with van der Waals surface area (Å²) in [5.41, 5.74) is -0.373. The number of rotatable bonds is 5. The lowest BCUT2D eigenvalue weighted by atomic mass is 10.1. The number of carbonyl (C=O) groups excluding carboxylic acids is 2. The first-order valence-corrected chi connectivity index (χ1v) is 12.3. The van der Waals surface area contributed by atoms with Crippen molar-refractivity contribution in [1.82, 2.24) is 20.1 Å². The van der Waals surface area contributed by atoms with Crippen LogP contribution in [-0.4, -0.2) is 68.9 Å². The van der Waals surface area contributed by atoms with Gasteiger partial charge in [0.25, 0.3) is 5.91 Å². The smallest absolute Gasteiger partial charge is 0.412 e. The van der Waals surface area contributed by atoms with Crippen molar-refractivity contribution < 1.29 is 28.6 Å². The van der Waals surface area contributed by atoms with Gasteiger partial charge < -0.3 is 25.4 Å². The summed E-state index contributed by atoms with van der Waals surface area (Å²) in [5, 5.41) is 20.9. The number of carbonyl (C=O) groups is 3. The van der Waals surface area contributed by atoms with E-state index in [-0.39, 0.29) is 23.5 Å². The molecule has 1 aliphatic rings. The van der Waals surface area contributed by atoms with E-state index in [2.05, 4.69) is 42.0 Å². The Hall–Kier alpha value is -2.94. The van der Waals surface area contributed by atoms with Crippen LogP contribution in [0.25, 0.3) is 0 Å². The first-order valence-electron chi connectivity index (χ1n) is 10.7. The average molecular weight is 576 g/mol. The van der Waals surface area contributed by atoms with Gasteiger partial charge in [-0.3, -0.25) is 14.8 Å². The Bertz CT molecular complexity index is 1100. The molecule has 1 saturated heterocycles. The van der Waals surface area contributed by atoms with E-state index < -0.39 is 35.9 Å². The Morgan fingerprint density at radius 2 is 1.94 bits per heavy atom.